The zero-order valence-electron chi connectivity index (χ0n) is 35.4. The van der Waals surface area contributed by atoms with E-state index in [2.05, 4.69) is 34.6 Å². The van der Waals surface area contributed by atoms with Crippen LogP contribution in [0.4, 0.5) is 4.79 Å². The lowest BCUT2D eigenvalue weighted by Gasteiger charge is -2.30. The smallest absolute Gasteiger partial charge is 0.408 e. The van der Waals surface area contributed by atoms with Crippen molar-refractivity contribution >= 4 is 56.4 Å². The molecule has 0 bridgehead atoms. The molecule has 4 amide bonds. The third-order valence-corrected chi connectivity index (χ3v) is 13.2. The number of rotatable bonds is 9. The van der Waals surface area contributed by atoms with E-state index in [9.17, 15) is 27.6 Å². The van der Waals surface area contributed by atoms with Crippen LogP contribution in [0.25, 0.3) is 21.6 Å². The van der Waals surface area contributed by atoms with Crippen LogP contribution in [0.3, 0.4) is 0 Å². The standard InChI is InChI=1S/C41H58N8O8S2/c1-24(2)30-23-58-35(42-30)28-17-15-19-31-33(28)44-38(49(31)25(3)4)56-27-20-32-34(50)45-41(37(52)46-59(54,55)47(8)9)21-26(41)16-13-11-10-12-14-18-29(36(51)48(32)22-27)43-39(53)57-40(5,6)7/h13,15-17,19,23-27,29,32H,10-12,14,18,20-22H2,1-9H3,(H,43,53)(H,45,50)(H,46,52)/b16-13-/t26-,27-,29+,32+,41-/m1/s1. The number of hydrogen-bond donors (Lipinski definition) is 3. The number of carbonyl (C=O) groups is 4. The van der Waals surface area contributed by atoms with Gasteiger partial charge < -0.3 is 25.0 Å². The maximum Gasteiger partial charge on any atom is 0.408 e. The number of allylic oxidation sites excluding steroid dienone is 1. The summed E-state index contributed by atoms with van der Waals surface area (Å²) in [5.41, 5.74) is 1.02. The molecule has 0 unspecified atom stereocenters. The summed E-state index contributed by atoms with van der Waals surface area (Å²) in [6, 6.07) is 3.98. The Kier molecular flexibility index (Phi) is 12.8. The van der Waals surface area contributed by atoms with Crippen LogP contribution >= 0.6 is 11.3 Å². The average Bonchev–Trinajstić information content (AvgIpc) is 3.50. The number of nitrogens with zero attached hydrogens (tertiary/aromatic N) is 5. The highest BCUT2D eigenvalue weighted by molar-refractivity contribution is 7.87. The molecule has 2 fully saturated rings. The molecule has 2 aliphatic heterocycles. The molecule has 2 aromatic heterocycles. The average molecular weight is 855 g/mol. The van der Waals surface area contributed by atoms with Crippen molar-refractivity contribution in [2.24, 2.45) is 5.92 Å². The minimum atomic E-state index is -4.18. The van der Waals surface area contributed by atoms with Crippen molar-refractivity contribution in [3.05, 3.63) is 41.4 Å². The fourth-order valence-corrected chi connectivity index (χ4v) is 9.20. The molecule has 3 N–H and O–H groups in total. The van der Waals surface area contributed by atoms with Crippen LogP contribution in [0.1, 0.15) is 111 Å². The molecule has 0 spiro atoms. The molecule has 3 aromatic rings. The van der Waals surface area contributed by atoms with E-state index in [4.69, 9.17) is 19.4 Å². The van der Waals surface area contributed by atoms with Crippen molar-refractivity contribution in [1.82, 2.24) is 39.1 Å². The Bertz CT molecular complexity index is 2210. The minimum absolute atomic E-state index is 0.0284. The zero-order valence-corrected chi connectivity index (χ0v) is 37.0. The van der Waals surface area contributed by atoms with Crippen LogP contribution in [0.15, 0.2) is 35.7 Å². The van der Waals surface area contributed by atoms with Gasteiger partial charge in [-0.15, -0.1) is 11.3 Å². The summed E-state index contributed by atoms with van der Waals surface area (Å²) >= 11 is 1.55. The molecule has 4 heterocycles. The summed E-state index contributed by atoms with van der Waals surface area (Å²) < 4.78 is 42.8. The highest BCUT2D eigenvalue weighted by atomic mass is 32.2. The van der Waals surface area contributed by atoms with Gasteiger partial charge in [0.25, 0.3) is 11.9 Å². The molecular formula is C41H58N8O8S2. The molecule has 1 aromatic carbocycles. The third kappa shape index (κ3) is 9.75. The molecule has 59 heavy (non-hydrogen) atoms. The largest absolute Gasteiger partial charge is 0.459 e. The lowest BCUT2D eigenvalue weighted by atomic mass is 10.0. The molecule has 1 saturated carbocycles. The second-order valence-electron chi connectivity index (χ2n) is 17.5. The predicted octanol–water partition coefficient (Wildman–Crippen LogP) is 5.42. The van der Waals surface area contributed by atoms with Crippen LogP contribution in [0, 0.1) is 5.92 Å². The van der Waals surface area contributed by atoms with Crippen molar-refractivity contribution < 1.29 is 37.1 Å². The Labute approximate surface area is 350 Å². The van der Waals surface area contributed by atoms with Crippen molar-refractivity contribution in [2.45, 2.75) is 135 Å². The number of nitrogens with one attached hydrogen (secondary N) is 3. The molecule has 16 nitrogen and oxygen atoms in total. The Morgan fingerprint density at radius 3 is 2.49 bits per heavy atom. The van der Waals surface area contributed by atoms with Gasteiger partial charge in [-0.3, -0.25) is 19.0 Å². The summed E-state index contributed by atoms with van der Waals surface area (Å²) in [6.07, 6.45) is 5.62. The number of para-hydroxylation sites is 1. The highest BCUT2D eigenvalue weighted by Crippen LogP contribution is 2.46. The Morgan fingerprint density at radius 2 is 1.83 bits per heavy atom. The first-order valence-corrected chi connectivity index (χ1v) is 22.7. The molecule has 6 rings (SSSR count). The molecule has 1 aliphatic carbocycles. The van der Waals surface area contributed by atoms with Crippen LogP contribution in [-0.4, -0.2) is 106 Å². The van der Waals surface area contributed by atoms with Gasteiger partial charge in [0.1, 0.15) is 39.9 Å². The van der Waals surface area contributed by atoms with Gasteiger partial charge in [0.15, 0.2) is 0 Å². The number of ether oxygens (including phenoxy) is 2. The molecule has 322 valence electrons. The first-order chi connectivity index (χ1) is 27.7. The maximum absolute atomic E-state index is 14.7. The predicted molar refractivity (Wildman–Crippen MR) is 225 cm³/mol. The molecule has 18 heteroatoms. The zero-order chi connectivity index (χ0) is 43.0. The lowest BCUT2D eigenvalue weighted by molar-refractivity contribution is -0.141. The van der Waals surface area contributed by atoms with Gasteiger partial charge in [0.05, 0.1) is 17.8 Å². The Morgan fingerprint density at radius 1 is 1.08 bits per heavy atom. The number of aromatic nitrogens is 3. The van der Waals surface area contributed by atoms with E-state index in [-0.39, 0.29) is 31.3 Å². The fraction of sp³-hybridized carbons (Fsp3) is 0.610. The van der Waals surface area contributed by atoms with Gasteiger partial charge in [-0.25, -0.2) is 14.5 Å². The quantitative estimate of drug-likeness (QED) is 0.234. The van der Waals surface area contributed by atoms with Crippen LogP contribution < -0.4 is 20.1 Å². The van der Waals surface area contributed by atoms with Gasteiger partial charge >= 0.3 is 16.3 Å². The molecular weight excluding hydrogens is 797 g/mol. The summed E-state index contributed by atoms with van der Waals surface area (Å²) in [6.45, 7) is 13.4. The van der Waals surface area contributed by atoms with Crippen LogP contribution in [-0.2, 0) is 29.3 Å². The normalized spacial score (nSPS) is 24.9. The van der Waals surface area contributed by atoms with Gasteiger partial charge in [0, 0.05) is 43.4 Å². The number of benzene rings is 1. The number of hydrogen-bond acceptors (Lipinski definition) is 11. The number of thiazole rings is 1. The number of amides is 4. The van der Waals surface area contributed by atoms with Crippen LogP contribution in [0.5, 0.6) is 6.01 Å². The Balaban J connectivity index is 1.36. The molecule has 1 saturated heterocycles. The van der Waals surface area contributed by atoms with Gasteiger partial charge in [-0.1, -0.05) is 44.9 Å². The van der Waals surface area contributed by atoms with Crippen molar-refractivity contribution in [3.63, 3.8) is 0 Å². The molecule has 0 radical (unpaired) electrons. The van der Waals surface area contributed by atoms with Gasteiger partial charge in [0.2, 0.25) is 11.8 Å². The summed E-state index contributed by atoms with van der Waals surface area (Å²) in [7, 11) is -1.58. The number of imidazole rings is 1. The van der Waals surface area contributed by atoms with Crippen molar-refractivity contribution in [2.75, 3.05) is 20.6 Å². The van der Waals surface area contributed by atoms with E-state index in [0.29, 0.717) is 30.8 Å². The molecule has 3 aliphatic rings. The second kappa shape index (κ2) is 17.2. The third-order valence-electron chi connectivity index (χ3n) is 10.9. The van der Waals surface area contributed by atoms with E-state index in [0.717, 1.165) is 38.9 Å². The molecule has 5 atom stereocenters. The second-order valence-corrected chi connectivity index (χ2v) is 20.2. The van der Waals surface area contributed by atoms with E-state index in [1.807, 2.05) is 48.8 Å². The number of carbonyl (C=O) groups excluding carboxylic acids is 4. The highest BCUT2D eigenvalue weighted by Gasteiger charge is 2.62. The summed E-state index contributed by atoms with van der Waals surface area (Å²) in [5, 5.41) is 8.53. The summed E-state index contributed by atoms with van der Waals surface area (Å²) in [4.78, 5) is 67.4. The van der Waals surface area contributed by atoms with Gasteiger partial charge in [-0.2, -0.15) is 17.7 Å². The van der Waals surface area contributed by atoms with E-state index < -0.39 is 69.3 Å². The van der Waals surface area contributed by atoms with E-state index >= 15 is 0 Å². The van der Waals surface area contributed by atoms with E-state index in [1.54, 1.807) is 32.1 Å². The van der Waals surface area contributed by atoms with Gasteiger partial charge in [-0.05, 0) is 78.4 Å². The lowest BCUT2D eigenvalue weighted by Crippen LogP contribution is -2.58. The number of alkyl carbamates (subject to hydrolysis) is 1. The van der Waals surface area contributed by atoms with E-state index in [1.165, 1.54) is 19.0 Å². The fourth-order valence-electron chi connectivity index (χ4n) is 7.59. The number of fused-ring (bicyclic) bond motifs is 3. The first kappa shape index (κ1) is 44.0. The summed E-state index contributed by atoms with van der Waals surface area (Å²) in [5.74, 6) is -2.22. The topological polar surface area (TPSA) is 194 Å². The SMILES string of the molecule is CC(C)c1csc(-c2cccc3c2nc(O[C@@H]2C[C@H]4C(=O)N[C@]5(C(=O)NS(=O)(=O)N(C)C)C[C@H]5/C=C\CCCCC[C@H](NC(=O)OC(C)(C)C)C(=O)N4C2)n3C(C)C)n1. The van der Waals surface area contributed by atoms with Crippen molar-refractivity contribution in [1.29, 1.82) is 0 Å². The van der Waals surface area contributed by atoms with Crippen LogP contribution in [0.2, 0.25) is 0 Å². The maximum atomic E-state index is 14.7. The monoisotopic (exact) mass is 854 g/mol. The Hall–Kier alpha value is -4.55. The minimum Gasteiger partial charge on any atom is -0.459 e. The first-order valence-electron chi connectivity index (χ1n) is 20.4. The van der Waals surface area contributed by atoms with Crippen molar-refractivity contribution in [3.8, 4) is 16.6 Å².